The highest BCUT2D eigenvalue weighted by molar-refractivity contribution is 4.92. The van der Waals surface area contributed by atoms with E-state index in [0.717, 1.165) is 12.3 Å². The zero-order valence-corrected chi connectivity index (χ0v) is 10.6. The van der Waals surface area contributed by atoms with Crippen LogP contribution < -0.4 is 5.73 Å². The molecule has 0 spiro atoms. The molecule has 1 heteroatoms. The van der Waals surface area contributed by atoms with Crippen LogP contribution in [0.3, 0.4) is 0 Å². The zero-order chi connectivity index (χ0) is 11.0. The maximum absolute atomic E-state index is 6.19. The van der Waals surface area contributed by atoms with E-state index in [9.17, 15) is 0 Å². The van der Waals surface area contributed by atoms with Crippen LogP contribution in [0.5, 0.6) is 0 Å². The second-order valence-corrected chi connectivity index (χ2v) is 6.75. The number of hydrogen-bond acceptors (Lipinski definition) is 1. The molecule has 0 bridgehead atoms. The van der Waals surface area contributed by atoms with Crippen LogP contribution in [0.15, 0.2) is 0 Å². The van der Waals surface area contributed by atoms with Gasteiger partial charge in [0.05, 0.1) is 0 Å². The van der Waals surface area contributed by atoms with Crippen LogP contribution in [-0.4, -0.2) is 6.04 Å². The van der Waals surface area contributed by atoms with Crippen LogP contribution in [0.25, 0.3) is 0 Å². The first kappa shape index (κ1) is 12.0. The van der Waals surface area contributed by atoms with Gasteiger partial charge in [0.1, 0.15) is 0 Å². The Hall–Kier alpha value is -0.0400. The lowest BCUT2D eigenvalue weighted by molar-refractivity contribution is 0.0553. The van der Waals surface area contributed by atoms with Crippen LogP contribution in [0.1, 0.15) is 60.3 Å². The smallest absolute Gasteiger partial charge is 0.00649 e. The zero-order valence-electron chi connectivity index (χ0n) is 10.6. The van der Waals surface area contributed by atoms with Gasteiger partial charge >= 0.3 is 0 Å². The molecule has 0 aromatic carbocycles. The van der Waals surface area contributed by atoms with Crippen molar-refractivity contribution in [3.63, 3.8) is 0 Å². The third kappa shape index (κ3) is 2.98. The fraction of sp³-hybridized carbons (Fsp3) is 1.00. The van der Waals surface area contributed by atoms with Crippen molar-refractivity contribution < 1.29 is 0 Å². The van der Waals surface area contributed by atoms with E-state index in [2.05, 4.69) is 34.6 Å². The molecule has 0 heterocycles. The fourth-order valence-corrected chi connectivity index (χ4v) is 3.57. The molecule has 0 aliphatic heterocycles. The summed E-state index contributed by atoms with van der Waals surface area (Å²) in [5, 5.41) is 0. The molecule has 1 aliphatic carbocycles. The standard InChI is InChI=1S/C13H27N/c1-6-11(14)10-7-12(2,3)9-13(4,5)8-10/h10-11H,6-9,14H2,1-5H3. The van der Waals surface area contributed by atoms with Crippen molar-refractivity contribution in [1.82, 2.24) is 0 Å². The SMILES string of the molecule is CCC(N)C1CC(C)(C)CC(C)(C)C1. The molecule has 14 heavy (non-hydrogen) atoms. The lowest BCUT2D eigenvalue weighted by Crippen LogP contribution is -2.41. The summed E-state index contributed by atoms with van der Waals surface area (Å²) in [5.74, 6) is 0.735. The Morgan fingerprint density at radius 3 is 1.93 bits per heavy atom. The van der Waals surface area contributed by atoms with Crippen molar-refractivity contribution in [2.24, 2.45) is 22.5 Å². The van der Waals surface area contributed by atoms with E-state index in [1.165, 1.54) is 19.3 Å². The van der Waals surface area contributed by atoms with E-state index in [1.807, 2.05) is 0 Å². The maximum atomic E-state index is 6.19. The van der Waals surface area contributed by atoms with Crippen molar-refractivity contribution in [1.29, 1.82) is 0 Å². The van der Waals surface area contributed by atoms with Crippen molar-refractivity contribution in [2.75, 3.05) is 0 Å². The van der Waals surface area contributed by atoms with Gasteiger partial charge in [-0.05, 0) is 42.4 Å². The normalized spacial score (nSPS) is 28.7. The number of rotatable bonds is 2. The molecule has 0 saturated heterocycles. The molecule has 2 N–H and O–H groups in total. The molecule has 1 saturated carbocycles. The monoisotopic (exact) mass is 197 g/mol. The molecule has 1 unspecified atom stereocenters. The second kappa shape index (κ2) is 3.84. The molecule has 1 rings (SSSR count). The van der Waals surface area contributed by atoms with E-state index >= 15 is 0 Å². The molecule has 1 aliphatic rings. The molecule has 0 aromatic heterocycles. The summed E-state index contributed by atoms with van der Waals surface area (Å²) in [6.07, 6.45) is 5.08. The minimum atomic E-state index is 0.411. The van der Waals surface area contributed by atoms with Crippen molar-refractivity contribution in [2.45, 2.75) is 66.3 Å². The molecule has 1 nitrogen and oxygen atoms in total. The highest BCUT2D eigenvalue weighted by Gasteiger charge is 2.39. The average Bonchev–Trinajstić information content (AvgIpc) is 1.97. The second-order valence-electron chi connectivity index (χ2n) is 6.75. The first-order valence-electron chi connectivity index (χ1n) is 6.01. The molecule has 1 atom stereocenters. The molecular formula is C13H27N. The lowest BCUT2D eigenvalue weighted by atomic mass is 9.60. The van der Waals surface area contributed by atoms with Gasteiger partial charge in [-0.2, -0.15) is 0 Å². The van der Waals surface area contributed by atoms with Crippen LogP contribution >= 0.6 is 0 Å². The predicted octanol–water partition coefficient (Wildman–Crippen LogP) is 3.58. The van der Waals surface area contributed by atoms with Crippen LogP contribution in [0, 0.1) is 16.7 Å². The van der Waals surface area contributed by atoms with Crippen molar-refractivity contribution in [3.8, 4) is 0 Å². The molecule has 84 valence electrons. The third-order valence-electron chi connectivity index (χ3n) is 3.66. The minimum Gasteiger partial charge on any atom is -0.327 e. The topological polar surface area (TPSA) is 26.0 Å². The highest BCUT2D eigenvalue weighted by Crippen LogP contribution is 2.49. The fourth-order valence-electron chi connectivity index (χ4n) is 3.57. The summed E-state index contributed by atoms with van der Waals surface area (Å²) >= 11 is 0. The van der Waals surface area contributed by atoms with Gasteiger partial charge in [-0.25, -0.2) is 0 Å². The van der Waals surface area contributed by atoms with E-state index in [0.29, 0.717) is 16.9 Å². The molecule has 0 amide bonds. The van der Waals surface area contributed by atoms with Crippen LogP contribution in [0.2, 0.25) is 0 Å². The summed E-state index contributed by atoms with van der Waals surface area (Å²) < 4.78 is 0. The van der Waals surface area contributed by atoms with E-state index in [1.54, 1.807) is 0 Å². The van der Waals surface area contributed by atoms with Gasteiger partial charge in [0.25, 0.3) is 0 Å². The van der Waals surface area contributed by atoms with Gasteiger partial charge in [0.2, 0.25) is 0 Å². The largest absolute Gasteiger partial charge is 0.327 e. The Morgan fingerprint density at radius 1 is 1.14 bits per heavy atom. The number of nitrogens with two attached hydrogens (primary N) is 1. The summed E-state index contributed by atoms with van der Waals surface area (Å²) in [4.78, 5) is 0. The molecule has 1 fully saturated rings. The van der Waals surface area contributed by atoms with E-state index in [4.69, 9.17) is 5.73 Å². The van der Waals surface area contributed by atoms with Crippen LogP contribution in [0.4, 0.5) is 0 Å². The third-order valence-corrected chi connectivity index (χ3v) is 3.66. The van der Waals surface area contributed by atoms with Gasteiger partial charge in [0.15, 0.2) is 0 Å². The summed E-state index contributed by atoms with van der Waals surface area (Å²) in [6, 6.07) is 0.411. The van der Waals surface area contributed by atoms with Crippen LogP contribution in [-0.2, 0) is 0 Å². The molecular weight excluding hydrogens is 170 g/mol. The molecule has 0 aromatic rings. The predicted molar refractivity (Wildman–Crippen MR) is 63.2 cm³/mol. The minimum absolute atomic E-state index is 0.411. The van der Waals surface area contributed by atoms with Crippen molar-refractivity contribution in [3.05, 3.63) is 0 Å². The Bertz CT molecular complexity index is 177. The Morgan fingerprint density at radius 2 is 1.57 bits per heavy atom. The summed E-state index contributed by atoms with van der Waals surface area (Å²) in [6.45, 7) is 11.8. The van der Waals surface area contributed by atoms with E-state index in [-0.39, 0.29) is 0 Å². The summed E-state index contributed by atoms with van der Waals surface area (Å²) in [7, 11) is 0. The quantitative estimate of drug-likeness (QED) is 0.719. The van der Waals surface area contributed by atoms with Gasteiger partial charge in [-0.1, -0.05) is 34.6 Å². The summed E-state index contributed by atoms with van der Waals surface area (Å²) in [5.41, 5.74) is 7.16. The Balaban J connectivity index is 2.71. The average molecular weight is 197 g/mol. The Kier molecular flexibility index (Phi) is 3.30. The molecule has 0 radical (unpaired) electrons. The first-order valence-corrected chi connectivity index (χ1v) is 6.01. The number of hydrogen-bond donors (Lipinski definition) is 1. The van der Waals surface area contributed by atoms with Crippen molar-refractivity contribution >= 4 is 0 Å². The van der Waals surface area contributed by atoms with E-state index < -0.39 is 0 Å². The lowest BCUT2D eigenvalue weighted by Gasteiger charge is -2.46. The van der Waals surface area contributed by atoms with Gasteiger partial charge in [-0.15, -0.1) is 0 Å². The van der Waals surface area contributed by atoms with Gasteiger partial charge in [-0.3, -0.25) is 0 Å². The Labute approximate surface area is 89.5 Å². The maximum Gasteiger partial charge on any atom is 0.00649 e. The first-order chi connectivity index (χ1) is 6.26. The highest BCUT2D eigenvalue weighted by atomic mass is 14.7. The van der Waals surface area contributed by atoms with Gasteiger partial charge in [0, 0.05) is 6.04 Å². The van der Waals surface area contributed by atoms with Gasteiger partial charge < -0.3 is 5.73 Å².